The van der Waals surface area contributed by atoms with E-state index < -0.39 is 26.1 Å². The van der Waals surface area contributed by atoms with E-state index in [4.69, 9.17) is 5.14 Å². The maximum Gasteiger partial charge on any atom is 0.354 e. The minimum absolute atomic E-state index is 0.0409. The first-order valence-corrected chi connectivity index (χ1v) is 13.0. The minimum Gasteiger partial charge on any atom is -0.390 e. The molecule has 0 saturated carbocycles. The quantitative estimate of drug-likeness (QED) is 0.669. The molecule has 0 bridgehead atoms. The number of hydrogen-bond donors (Lipinski definition) is 3. The van der Waals surface area contributed by atoms with Crippen LogP contribution in [0.25, 0.3) is 0 Å². The lowest BCUT2D eigenvalue weighted by molar-refractivity contribution is 0.0189. The molecule has 0 radical (unpaired) electrons. The SMILES string of the molecule is CC1SC(S(N)(=O)=NC(=O)Nc2c3c(cc4c2CCC4)CCC3)CC1C(C)(C)O. The summed E-state index contributed by atoms with van der Waals surface area (Å²) in [5, 5.41) is 19.5. The van der Waals surface area contributed by atoms with Crippen LogP contribution in [0, 0.1) is 5.92 Å². The molecular formula is C21H31N3O3S2. The van der Waals surface area contributed by atoms with Crippen molar-refractivity contribution < 1.29 is 14.1 Å². The zero-order valence-corrected chi connectivity index (χ0v) is 19.0. The van der Waals surface area contributed by atoms with E-state index in [2.05, 4.69) is 15.7 Å². The number of carbonyl (C=O) groups excluding carboxylic acids is 1. The number of fused-ring (bicyclic) bond motifs is 2. The molecule has 1 fully saturated rings. The maximum absolute atomic E-state index is 13.1. The van der Waals surface area contributed by atoms with Gasteiger partial charge in [-0.1, -0.05) is 13.0 Å². The van der Waals surface area contributed by atoms with Crippen LogP contribution in [-0.4, -0.2) is 30.8 Å². The molecule has 1 aromatic rings. The van der Waals surface area contributed by atoms with E-state index in [0.29, 0.717) is 6.42 Å². The number of amides is 2. The second-order valence-corrected chi connectivity index (χ2v) is 13.0. The highest BCUT2D eigenvalue weighted by atomic mass is 32.3. The van der Waals surface area contributed by atoms with E-state index in [1.165, 1.54) is 34.0 Å². The number of thioether (sulfide) groups is 1. The molecule has 0 aromatic heterocycles. The number of nitrogens with one attached hydrogen (secondary N) is 1. The molecule has 4 unspecified atom stereocenters. The molecule has 1 aromatic carbocycles. The molecule has 1 saturated heterocycles. The van der Waals surface area contributed by atoms with Crippen LogP contribution in [0.5, 0.6) is 0 Å². The van der Waals surface area contributed by atoms with Crippen LogP contribution in [0.3, 0.4) is 0 Å². The summed E-state index contributed by atoms with van der Waals surface area (Å²) in [5.74, 6) is -0.0409. The molecule has 160 valence electrons. The second kappa shape index (κ2) is 7.55. The fourth-order valence-corrected chi connectivity index (χ4v) is 8.78. The summed E-state index contributed by atoms with van der Waals surface area (Å²) in [7, 11) is -3.22. The van der Waals surface area contributed by atoms with Crippen LogP contribution in [0.15, 0.2) is 10.4 Å². The van der Waals surface area contributed by atoms with Crippen molar-refractivity contribution in [1.82, 2.24) is 0 Å². The van der Waals surface area contributed by atoms with Crippen molar-refractivity contribution in [3.8, 4) is 0 Å². The maximum atomic E-state index is 13.1. The van der Waals surface area contributed by atoms with Gasteiger partial charge in [-0.05, 0) is 81.0 Å². The number of hydrogen-bond acceptors (Lipinski definition) is 4. The zero-order chi connectivity index (χ0) is 21.0. The Bertz CT molecular complexity index is 929. The summed E-state index contributed by atoms with van der Waals surface area (Å²) >= 11 is 1.46. The van der Waals surface area contributed by atoms with Crippen LogP contribution >= 0.6 is 11.8 Å². The predicted octanol–water partition coefficient (Wildman–Crippen LogP) is 3.78. The topological polar surface area (TPSA) is 105 Å². The number of aliphatic hydroxyl groups is 1. The first kappa shape index (κ1) is 21.2. The summed E-state index contributed by atoms with van der Waals surface area (Å²) in [6, 6.07) is 1.68. The molecule has 0 spiro atoms. The molecule has 1 aliphatic heterocycles. The lowest BCUT2D eigenvalue weighted by Crippen LogP contribution is -2.35. The summed E-state index contributed by atoms with van der Waals surface area (Å²) in [6.07, 6.45) is 6.69. The van der Waals surface area contributed by atoms with Crippen LogP contribution in [0.4, 0.5) is 10.5 Å². The van der Waals surface area contributed by atoms with Gasteiger partial charge in [-0.3, -0.25) is 0 Å². The number of anilines is 1. The van der Waals surface area contributed by atoms with Crippen LogP contribution in [-0.2, 0) is 35.6 Å². The molecule has 2 aliphatic carbocycles. The first-order valence-electron chi connectivity index (χ1n) is 10.5. The van der Waals surface area contributed by atoms with Crippen molar-refractivity contribution in [3.05, 3.63) is 28.3 Å². The van der Waals surface area contributed by atoms with Crippen LogP contribution in [0.2, 0.25) is 0 Å². The van der Waals surface area contributed by atoms with Gasteiger partial charge in [0.15, 0.2) is 0 Å². The Labute approximate surface area is 177 Å². The number of rotatable bonds is 3. The molecule has 29 heavy (non-hydrogen) atoms. The molecule has 8 heteroatoms. The smallest absolute Gasteiger partial charge is 0.354 e. The van der Waals surface area contributed by atoms with Gasteiger partial charge in [0.2, 0.25) is 0 Å². The summed E-state index contributed by atoms with van der Waals surface area (Å²) in [6.45, 7) is 5.52. The molecule has 4 atom stereocenters. The molecule has 6 nitrogen and oxygen atoms in total. The minimum atomic E-state index is -3.22. The Morgan fingerprint density at radius 3 is 2.34 bits per heavy atom. The number of urea groups is 1. The van der Waals surface area contributed by atoms with E-state index in [1.807, 2.05) is 6.92 Å². The average molecular weight is 438 g/mol. The fraction of sp³-hybridized carbons (Fsp3) is 0.667. The Morgan fingerprint density at radius 1 is 1.24 bits per heavy atom. The van der Waals surface area contributed by atoms with Gasteiger partial charge in [0.1, 0.15) is 14.5 Å². The van der Waals surface area contributed by atoms with E-state index >= 15 is 0 Å². The number of carbonyl (C=O) groups is 1. The van der Waals surface area contributed by atoms with E-state index in [-0.39, 0.29) is 11.2 Å². The number of benzene rings is 1. The molecule has 2 amide bonds. The Hall–Kier alpha value is -1.09. The molecule has 1 heterocycles. The van der Waals surface area contributed by atoms with Gasteiger partial charge in [-0.2, -0.15) is 0 Å². The number of aryl methyl sites for hydroxylation is 2. The Morgan fingerprint density at radius 2 is 1.83 bits per heavy atom. The summed E-state index contributed by atoms with van der Waals surface area (Å²) in [4.78, 5) is 12.7. The first-order chi connectivity index (χ1) is 13.6. The van der Waals surface area contributed by atoms with Gasteiger partial charge in [-0.15, -0.1) is 16.1 Å². The Balaban J connectivity index is 1.57. The lowest BCUT2D eigenvalue weighted by atomic mass is 9.86. The highest BCUT2D eigenvalue weighted by molar-refractivity contribution is 8.14. The predicted molar refractivity (Wildman–Crippen MR) is 120 cm³/mol. The lowest BCUT2D eigenvalue weighted by Gasteiger charge is -2.28. The van der Waals surface area contributed by atoms with Crippen molar-refractivity contribution >= 4 is 33.4 Å². The standard InChI is InChI=1S/C21H31N3O3S2/c1-12-17(21(2,3)26)11-18(28-12)29(22,27)24-20(25)23-19-15-8-4-6-13(15)10-14-7-5-9-16(14)19/h10,12,17-18,26H,4-9,11H2,1-3H3,(H3,22,23,24,25,27). The third-order valence-electron chi connectivity index (χ3n) is 6.59. The van der Waals surface area contributed by atoms with Crippen molar-refractivity contribution in [2.75, 3.05) is 5.32 Å². The van der Waals surface area contributed by atoms with E-state index in [9.17, 15) is 14.1 Å². The van der Waals surface area contributed by atoms with Crippen molar-refractivity contribution in [3.63, 3.8) is 0 Å². The molecule has 3 aliphatic rings. The highest BCUT2D eigenvalue weighted by Crippen LogP contribution is 2.45. The molecule has 4 rings (SSSR count). The van der Waals surface area contributed by atoms with Crippen molar-refractivity contribution in [2.24, 2.45) is 15.4 Å². The fourth-order valence-electron chi connectivity index (χ4n) is 5.15. The van der Waals surface area contributed by atoms with Gasteiger partial charge in [0.25, 0.3) is 0 Å². The average Bonchev–Trinajstić information content (AvgIpc) is 3.31. The van der Waals surface area contributed by atoms with Crippen LogP contribution in [0.1, 0.15) is 62.3 Å². The summed E-state index contributed by atoms with van der Waals surface area (Å²) in [5.41, 5.74) is 5.07. The largest absolute Gasteiger partial charge is 0.390 e. The van der Waals surface area contributed by atoms with Crippen molar-refractivity contribution in [2.45, 2.75) is 81.1 Å². The Kier molecular flexibility index (Phi) is 5.51. The normalized spacial score (nSPS) is 28.0. The monoisotopic (exact) mass is 437 g/mol. The molecule has 4 N–H and O–H groups in total. The van der Waals surface area contributed by atoms with Gasteiger partial charge in [0, 0.05) is 16.9 Å². The van der Waals surface area contributed by atoms with Gasteiger partial charge < -0.3 is 10.4 Å². The number of nitrogens with two attached hydrogens (primary N) is 1. The number of nitrogens with zero attached hydrogens (tertiary/aromatic N) is 1. The highest BCUT2D eigenvalue weighted by Gasteiger charge is 2.44. The van der Waals surface area contributed by atoms with Crippen molar-refractivity contribution in [1.29, 1.82) is 0 Å². The van der Waals surface area contributed by atoms with Crippen LogP contribution < -0.4 is 10.5 Å². The van der Waals surface area contributed by atoms with Gasteiger partial charge in [-0.25, -0.2) is 14.1 Å². The third-order valence-corrected chi connectivity index (χ3v) is 10.4. The molecular weight excluding hydrogens is 406 g/mol. The van der Waals surface area contributed by atoms with E-state index in [0.717, 1.165) is 44.2 Å². The van der Waals surface area contributed by atoms with E-state index in [1.54, 1.807) is 13.8 Å². The van der Waals surface area contributed by atoms with Gasteiger partial charge >= 0.3 is 6.03 Å². The third kappa shape index (κ3) is 4.09. The summed E-state index contributed by atoms with van der Waals surface area (Å²) < 4.78 is 16.6. The second-order valence-electron chi connectivity index (χ2n) is 9.14. The zero-order valence-electron chi connectivity index (χ0n) is 17.4. The van der Waals surface area contributed by atoms with Gasteiger partial charge in [0.05, 0.1) is 5.60 Å².